The molecule has 0 atom stereocenters. The predicted octanol–water partition coefficient (Wildman–Crippen LogP) is 6.80. The second-order valence-electron chi connectivity index (χ2n) is 6.95. The fourth-order valence-electron chi connectivity index (χ4n) is 4.53. The Balaban J connectivity index is 1.86. The van der Waals surface area contributed by atoms with Gasteiger partial charge in [-0.05, 0) is 72.8 Å². The van der Waals surface area contributed by atoms with E-state index in [0.717, 1.165) is 5.75 Å². The highest BCUT2D eigenvalue weighted by Gasteiger charge is 2.23. The predicted molar refractivity (Wildman–Crippen MR) is 110 cm³/mol. The van der Waals surface area contributed by atoms with Crippen LogP contribution in [0.3, 0.4) is 0 Å². The fourth-order valence-corrected chi connectivity index (χ4v) is 4.53. The molecule has 0 N–H and O–H groups in total. The van der Waals surface area contributed by atoms with E-state index < -0.39 is 0 Å². The Bertz CT molecular complexity index is 1360. The van der Waals surface area contributed by atoms with E-state index in [2.05, 4.69) is 78.9 Å². The van der Waals surface area contributed by atoms with Gasteiger partial charge in [0, 0.05) is 0 Å². The van der Waals surface area contributed by atoms with Crippen LogP contribution in [0.1, 0.15) is 0 Å². The van der Waals surface area contributed by atoms with Crippen molar-refractivity contribution in [2.45, 2.75) is 0 Å². The fraction of sp³-hybridized carbons (Fsp3) is 0.0400. The van der Waals surface area contributed by atoms with Crippen molar-refractivity contribution >= 4 is 32.3 Å². The van der Waals surface area contributed by atoms with Crippen molar-refractivity contribution in [3.8, 4) is 28.0 Å². The number of fused-ring (bicyclic) bond motifs is 7. The normalized spacial score (nSPS) is 12.0. The van der Waals surface area contributed by atoms with Crippen molar-refractivity contribution in [3.63, 3.8) is 0 Å². The molecule has 1 aliphatic rings. The van der Waals surface area contributed by atoms with E-state index >= 15 is 0 Å². The van der Waals surface area contributed by atoms with E-state index in [9.17, 15) is 0 Å². The van der Waals surface area contributed by atoms with Gasteiger partial charge >= 0.3 is 0 Å². The molecule has 5 aromatic rings. The molecule has 6 rings (SSSR count). The molecule has 1 heteroatoms. The van der Waals surface area contributed by atoms with Crippen LogP contribution in [0.15, 0.2) is 78.9 Å². The molecule has 122 valence electrons. The van der Waals surface area contributed by atoms with Gasteiger partial charge in [-0.15, -0.1) is 0 Å². The molecule has 0 radical (unpaired) electrons. The lowest BCUT2D eigenvalue weighted by molar-refractivity contribution is 0.415. The molecule has 0 unspecified atom stereocenters. The maximum absolute atomic E-state index is 5.47. The summed E-state index contributed by atoms with van der Waals surface area (Å²) in [7, 11) is 1.73. The summed E-state index contributed by atoms with van der Waals surface area (Å²) in [5.74, 6) is 0.906. The molecule has 1 aliphatic carbocycles. The Morgan fingerprint density at radius 1 is 0.538 bits per heavy atom. The van der Waals surface area contributed by atoms with Gasteiger partial charge in [0.05, 0.1) is 7.11 Å². The summed E-state index contributed by atoms with van der Waals surface area (Å²) in [6, 6.07) is 28.6. The van der Waals surface area contributed by atoms with Crippen LogP contribution < -0.4 is 4.74 Å². The van der Waals surface area contributed by atoms with Crippen LogP contribution in [0.25, 0.3) is 54.6 Å². The summed E-state index contributed by atoms with van der Waals surface area (Å²) in [5, 5.41) is 7.96. The summed E-state index contributed by atoms with van der Waals surface area (Å²) in [6.45, 7) is 0. The van der Waals surface area contributed by atoms with Crippen molar-refractivity contribution in [2.24, 2.45) is 0 Å². The first kappa shape index (κ1) is 13.9. The van der Waals surface area contributed by atoms with Crippen molar-refractivity contribution in [3.05, 3.63) is 78.9 Å². The third-order valence-electron chi connectivity index (χ3n) is 5.67. The van der Waals surface area contributed by atoms with Gasteiger partial charge in [0.25, 0.3) is 0 Å². The Morgan fingerprint density at radius 3 is 2.31 bits per heavy atom. The maximum Gasteiger partial charge on any atom is 0.119 e. The Morgan fingerprint density at radius 2 is 1.38 bits per heavy atom. The molecule has 26 heavy (non-hydrogen) atoms. The largest absolute Gasteiger partial charge is 0.497 e. The molecule has 0 fully saturated rings. The number of rotatable bonds is 1. The Kier molecular flexibility index (Phi) is 2.60. The lowest BCUT2D eigenvalue weighted by Crippen LogP contribution is -1.84. The number of benzene rings is 5. The zero-order valence-corrected chi connectivity index (χ0v) is 14.4. The maximum atomic E-state index is 5.47. The first-order valence-corrected chi connectivity index (χ1v) is 8.91. The van der Waals surface area contributed by atoms with Crippen LogP contribution in [0.2, 0.25) is 0 Å². The zero-order chi connectivity index (χ0) is 17.3. The first-order chi connectivity index (χ1) is 12.8. The molecule has 0 amide bonds. The average Bonchev–Trinajstić information content (AvgIpc) is 3.02. The quantitative estimate of drug-likeness (QED) is 0.301. The molecule has 0 spiro atoms. The van der Waals surface area contributed by atoms with Crippen LogP contribution in [0.4, 0.5) is 0 Å². The molecule has 0 saturated heterocycles. The summed E-state index contributed by atoms with van der Waals surface area (Å²) >= 11 is 0. The second-order valence-corrected chi connectivity index (χ2v) is 6.95. The Hall–Kier alpha value is -3.32. The monoisotopic (exact) mass is 332 g/mol. The van der Waals surface area contributed by atoms with Crippen LogP contribution in [-0.2, 0) is 0 Å². The summed E-state index contributed by atoms with van der Waals surface area (Å²) in [4.78, 5) is 0. The standard InChI is InChI=1S/C25H16O/c1-26-17-11-12-19-22(14-17)20-7-4-8-21-24-16(13-23(19)25(20)21)10-9-15-5-2-3-6-18(15)24/h2-14H,1H3. The van der Waals surface area contributed by atoms with Gasteiger partial charge in [-0.2, -0.15) is 0 Å². The van der Waals surface area contributed by atoms with Crippen molar-refractivity contribution in [1.82, 2.24) is 0 Å². The molecular formula is C25H16O. The minimum atomic E-state index is 0.906. The third kappa shape index (κ3) is 1.65. The number of hydrogen-bond donors (Lipinski definition) is 0. The topological polar surface area (TPSA) is 9.23 Å². The number of ether oxygens (including phenoxy) is 1. The molecule has 0 bridgehead atoms. The van der Waals surface area contributed by atoms with Gasteiger partial charge in [-0.1, -0.05) is 60.7 Å². The van der Waals surface area contributed by atoms with Gasteiger partial charge in [-0.3, -0.25) is 0 Å². The van der Waals surface area contributed by atoms with Crippen LogP contribution in [-0.4, -0.2) is 7.11 Å². The van der Waals surface area contributed by atoms with Crippen LogP contribution in [0.5, 0.6) is 5.75 Å². The molecule has 1 nitrogen and oxygen atoms in total. The number of methoxy groups -OCH3 is 1. The van der Waals surface area contributed by atoms with E-state index in [0.29, 0.717) is 0 Å². The summed E-state index contributed by atoms with van der Waals surface area (Å²) < 4.78 is 5.47. The van der Waals surface area contributed by atoms with E-state index in [1.165, 1.54) is 54.6 Å². The highest BCUT2D eigenvalue weighted by Crippen LogP contribution is 2.50. The molecule has 0 saturated carbocycles. The number of hydrogen-bond acceptors (Lipinski definition) is 1. The third-order valence-corrected chi connectivity index (χ3v) is 5.67. The van der Waals surface area contributed by atoms with Gasteiger partial charge in [0.1, 0.15) is 5.75 Å². The molecular weight excluding hydrogens is 316 g/mol. The summed E-state index contributed by atoms with van der Waals surface area (Å²) in [6.07, 6.45) is 0. The highest BCUT2D eigenvalue weighted by molar-refractivity contribution is 6.28. The molecule has 0 heterocycles. The lowest BCUT2D eigenvalue weighted by atomic mass is 9.93. The van der Waals surface area contributed by atoms with Crippen molar-refractivity contribution in [1.29, 1.82) is 0 Å². The van der Waals surface area contributed by atoms with Gasteiger partial charge < -0.3 is 4.74 Å². The van der Waals surface area contributed by atoms with Crippen molar-refractivity contribution < 1.29 is 4.74 Å². The average molecular weight is 332 g/mol. The van der Waals surface area contributed by atoms with Gasteiger partial charge in [0.15, 0.2) is 0 Å². The van der Waals surface area contributed by atoms with E-state index in [1.54, 1.807) is 7.11 Å². The van der Waals surface area contributed by atoms with Gasteiger partial charge in [-0.25, -0.2) is 0 Å². The highest BCUT2D eigenvalue weighted by atomic mass is 16.5. The van der Waals surface area contributed by atoms with Gasteiger partial charge in [0.2, 0.25) is 0 Å². The Labute approximate surface area is 151 Å². The van der Waals surface area contributed by atoms with Crippen LogP contribution >= 0.6 is 0 Å². The van der Waals surface area contributed by atoms with Crippen molar-refractivity contribution in [2.75, 3.05) is 7.11 Å². The molecule has 0 aromatic heterocycles. The molecule has 5 aromatic carbocycles. The smallest absolute Gasteiger partial charge is 0.119 e. The minimum absolute atomic E-state index is 0.906. The second kappa shape index (κ2) is 4.86. The zero-order valence-electron chi connectivity index (χ0n) is 14.4. The van der Waals surface area contributed by atoms with Crippen LogP contribution in [0, 0.1) is 0 Å². The summed E-state index contributed by atoms with van der Waals surface area (Å²) in [5.41, 5.74) is 5.20. The minimum Gasteiger partial charge on any atom is -0.497 e. The van der Waals surface area contributed by atoms with E-state index in [-0.39, 0.29) is 0 Å². The SMILES string of the molecule is COc1ccc2c(c1)-c1cccc3c1c-2cc1ccc2ccccc2c13. The molecule has 0 aliphatic heterocycles. The van der Waals surface area contributed by atoms with E-state index in [4.69, 9.17) is 4.74 Å². The lowest BCUT2D eigenvalue weighted by Gasteiger charge is -2.10. The van der Waals surface area contributed by atoms with E-state index in [1.807, 2.05) is 0 Å². The first-order valence-electron chi connectivity index (χ1n) is 8.91.